The van der Waals surface area contributed by atoms with Crippen molar-refractivity contribution in [3.63, 3.8) is 0 Å². The van der Waals surface area contributed by atoms with Crippen LogP contribution in [-0.2, 0) is 18.4 Å². The zero-order chi connectivity index (χ0) is 34.7. The monoisotopic (exact) mass is 683 g/mol. The number of aliphatic hydroxyl groups is 1. The average Bonchev–Trinajstić information content (AvgIpc) is 3.05. The van der Waals surface area contributed by atoms with Gasteiger partial charge in [-0.15, -0.1) is 0 Å². The van der Waals surface area contributed by atoms with E-state index in [1.54, 1.807) is 6.08 Å². The molecule has 0 fully saturated rings. The number of carbonyl (C=O) groups excluding carboxylic acids is 1. The highest BCUT2D eigenvalue weighted by molar-refractivity contribution is 7.47. The molecule has 0 aliphatic carbocycles. The molecular formula is C38H71N2O6P. The molecule has 0 radical (unpaired) electrons. The van der Waals surface area contributed by atoms with Gasteiger partial charge in [-0.1, -0.05) is 133 Å². The van der Waals surface area contributed by atoms with Gasteiger partial charge in [-0.05, 0) is 64.2 Å². The minimum atomic E-state index is -4.34. The van der Waals surface area contributed by atoms with Gasteiger partial charge in [0.2, 0.25) is 5.91 Å². The molecule has 0 aromatic rings. The van der Waals surface area contributed by atoms with Crippen LogP contribution < -0.4 is 11.1 Å². The highest BCUT2D eigenvalue weighted by Crippen LogP contribution is 2.43. The fraction of sp³-hybridized carbons (Fsp3) is 0.763. The highest BCUT2D eigenvalue weighted by atomic mass is 31.2. The number of carbonyl (C=O) groups is 1. The second-order valence-electron chi connectivity index (χ2n) is 12.4. The second-order valence-corrected chi connectivity index (χ2v) is 13.8. The van der Waals surface area contributed by atoms with E-state index in [-0.39, 0.29) is 25.7 Å². The van der Waals surface area contributed by atoms with Crippen molar-refractivity contribution in [3.05, 3.63) is 48.6 Å². The largest absolute Gasteiger partial charge is 0.472 e. The number of phosphoric acid groups is 1. The van der Waals surface area contributed by atoms with E-state index >= 15 is 0 Å². The summed E-state index contributed by atoms with van der Waals surface area (Å²) in [5.41, 5.74) is 5.34. The van der Waals surface area contributed by atoms with Crippen LogP contribution in [0.1, 0.15) is 155 Å². The number of aliphatic hydroxyl groups excluding tert-OH is 1. The maximum absolute atomic E-state index is 12.7. The van der Waals surface area contributed by atoms with Crippen molar-refractivity contribution in [2.45, 2.75) is 167 Å². The summed E-state index contributed by atoms with van der Waals surface area (Å²) in [5, 5.41) is 13.5. The van der Waals surface area contributed by atoms with Gasteiger partial charge in [-0.2, -0.15) is 0 Å². The van der Waals surface area contributed by atoms with Crippen LogP contribution in [0, 0.1) is 0 Å². The summed E-state index contributed by atoms with van der Waals surface area (Å²) in [7, 11) is -4.34. The normalized spacial score (nSPS) is 14.9. The van der Waals surface area contributed by atoms with E-state index in [2.05, 4.69) is 55.6 Å². The Hall–Kier alpha value is -1.54. The molecule has 0 spiro atoms. The predicted molar refractivity (Wildman–Crippen MR) is 198 cm³/mol. The highest BCUT2D eigenvalue weighted by Gasteiger charge is 2.26. The Labute approximate surface area is 288 Å². The first-order valence-electron chi connectivity index (χ1n) is 18.8. The van der Waals surface area contributed by atoms with E-state index in [1.165, 1.54) is 83.5 Å². The lowest BCUT2D eigenvalue weighted by atomic mass is 10.1. The Bertz CT molecular complexity index is 876. The lowest BCUT2D eigenvalue weighted by molar-refractivity contribution is -0.123. The first-order chi connectivity index (χ1) is 22.9. The Balaban J connectivity index is 4.28. The fourth-order valence-electron chi connectivity index (χ4n) is 5.05. The average molecular weight is 683 g/mol. The van der Waals surface area contributed by atoms with Crippen LogP contribution in [-0.4, -0.2) is 47.8 Å². The number of hydrogen-bond donors (Lipinski definition) is 4. The molecule has 0 aliphatic rings. The first-order valence-corrected chi connectivity index (χ1v) is 20.3. The van der Waals surface area contributed by atoms with Gasteiger partial charge >= 0.3 is 7.82 Å². The van der Waals surface area contributed by atoms with Gasteiger partial charge in [0.05, 0.1) is 25.4 Å². The van der Waals surface area contributed by atoms with Crippen molar-refractivity contribution in [2.75, 3.05) is 19.8 Å². The van der Waals surface area contributed by atoms with Gasteiger partial charge in [0.15, 0.2) is 0 Å². The van der Waals surface area contributed by atoms with Crippen LogP contribution in [0.3, 0.4) is 0 Å². The van der Waals surface area contributed by atoms with Crippen LogP contribution in [0.25, 0.3) is 0 Å². The van der Waals surface area contributed by atoms with Crippen LogP contribution in [0.15, 0.2) is 48.6 Å². The molecule has 0 heterocycles. The molecule has 5 N–H and O–H groups in total. The summed E-state index contributed by atoms with van der Waals surface area (Å²) in [4.78, 5) is 22.5. The lowest BCUT2D eigenvalue weighted by Crippen LogP contribution is -2.45. The van der Waals surface area contributed by atoms with Gasteiger partial charge in [0.1, 0.15) is 0 Å². The van der Waals surface area contributed by atoms with Crippen LogP contribution in [0.5, 0.6) is 0 Å². The molecule has 0 saturated heterocycles. The number of rotatable bonds is 34. The van der Waals surface area contributed by atoms with Crippen LogP contribution in [0.4, 0.5) is 0 Å². The maximum atomic E-state index is 12.7. The molecule has 1 amide bonds. The van der Waals surface area contributed by atoms with Crippen molar-refractivity contribution >= 4 is 13.7 Å². The molecule has 274 valence electrons. The molecule has 0 aromatic carbocycles. The smallest absolute Gasteiger partial charge is 0.387 e. The van der Waals surface area contributed by atoms with Gasteiger partial charge in [-0.3, -0.25) is 13.8 Å². The molecule has 0 rings (SSSR count). The van der Waals surface area contributed by atoms with E-state index < -0.39 is 20.0 Å². The van der Waals surface area contributed by atoms with Crippen molar-refractivity contribution in [1.29, 1.82) is 0 Å². The molecule has 0 saturated carbocycles. The van der Waals surface area contributed by atoms with E-state index in [9.17, 15) is 19.4 Å². The summed E-state index contributed by atoms with van der Waals surface area (Å²) in [6, 6.07) is -0.883. The van der Waals surface area contributed by atoms with E-state index in [1.807, 2.05) is 6.08 Å². The molecule has 0 bridgehead atoms. The van der Waals surface area contributed by atoms with Crippen molar-refractivity contribution in [2.24, 2.45) is 5.73 Å². The Kier molecular flexibility index (Phi) is 33.2. The zero-order valence-corrected chi connectivity index (χ0v) is 30.9. The second kappa shape index (κ2) is 34.3. The van der Waals surface area contributed by atoms with E-state index in [4.69, 9.17) is 14.8 Å². The van der Waals surface area contributed by atoms with Crippen LogP contribution >= 0.6 is 7.82 Å². The number of phosphoric ester groups is 1. The number of nitrogens with two attached hydrogens (primary N) is 1. The molecule has 3 atom stereocenters. The van der Waals surface area contributed by atoms with Crippen molar-refractivity contribution in [3.8, 4) is 0 Å². The number of unbranched alkanes of at least 4 members (excludes halogenated alkanes) is 16. The third-order valence-electron chi connectivity index (χ3n) is 7.87. The summed E-state index contributed by atoms with van der Waals surface area (Å²) in [6.45, 7) is 3.95. The molecule has 0 aromatic heterocycles. The topological polar surface area (TPSA) is 131 Å². The Morgan fingerprint density at radius 3 is 1.74 bits per heavy atom. The summed E-state index contributed by atoms with van der Waals surface area (Å²) >= 11 is 0. The standard InChI is InChI=1S/C38H71N2O6P/c1-3-5-7-9-11-13-15-16-17-18-19-20-21-22-24-26-28-30-32-38(42)40-36(35-46-47(43,44)45-34-33-39)37(41)31-29-27-25-23-14-12-10-8-6-4-2/h6,8,14,17-18,23,29,31,36-37,41H,3-5,7,9-13,15-16,19-22,24-28,30,32-35,39H2,1-2H3,(H,40,42)(H,43,44)/b8-6+,18-17-,23-14+,31-29+. The van der Waals surface area contributed by atoms with Crippen molar-refractivity contribution < 1.29 is 28.4 Å². The van der Waals surface area contributed by atoms with E-state index in [0.717, 1.165) is 51.4 Å². The molecule has 0 aliphatic heterocycles. The molecule has 8 nitrogen and oxygen atoms in total. The molecular weight excluding hydrogens is 611 g/mol. The third kappa shape index (κ3) is 32.8. The van der Waals surface area contributed by atoms with E-state index in [0.29, 0.717) is 6.42 Å². The number of nitrogens with one attached hydrogen (secondary N) is 1. The maximum Gasteiger partial charge on any atom is 0.472 e. The number of hydrogen-bond acceptors (Lipinski definition) is 6. The van der Waals surface area contributed by atoms with Crippen LogP contribution in [0.2, 0.25) is 0 Å². The first kappa shape index (κ1) is 45.5. The number of amides is 1. The third-order valence-corrected chi connectivity index (χ3v) is 8.85. The minimum absolute atomic E-state index is 0.0695. The summed E-state index contributed by atoms with van der Waals surface area (Å²) in [5.74, 6) is -0.218. The van der Waals surface area contributed by atoms with Gasteiger partial charge in [-0.25, -0.2) is 4.57 Å². The number of allylic oxidation sites excluding steroid dienone is 7. The SMILES string of the molecule is CC/C=C/CC/C=C/CC/C=C/C(O)C(COP(=O)(O)OCCN)NC(=O)CCCCCCCCC/C=C\CCCCCCCCC. The zero-order valence-electron chi connectivity index (χ0n) is 30.0. The van der Waals surface area contributed by atoms with Gasteiger partial charge < -0.3 is 21.1 Å². The fourth-order valence-corrected chi connectivity index (χ4v) is 5.81. The van der Waals surface area contributed by atoms with Gasteiger partial charge in [0.25, 0.3) is 0 Å². The predicted octanol–water partition coefficient (Wildman–Crippen LogP) is 9.77. The molecule has 3 unspecified atom stereocenters. The Morgan fingerprint density at radius 1 is 0.702 bits per heavy atom. The Morgan fingerprint density at radius 2 is 1.19 bits per heavy atom. The van der Waals surface area contributed by atoms with Gasteiger partial charge in [0, 0.05) is 13.0 Å². The van der Waals surface area contributed by atoms with Crippen molar-refractivity contribution in [1.82, 2.24) is 5.32 Å². The lowest BCUT2D eigenvalue weighted by Gasteiger charge is -2.23. The minimum Gasteiger partial charge on any atom is -0.387 e. The molecule has 9 heteroatoms. The quantitative estimate of drug-likeness (QED) is 0.0302. The molecule has 47 heavy (non-hydrogen) atoms. The summed E-state index contributed by atoms with van der Waals surface area (Å²) < 4.78 is 22.0. The summed E-state index contributed by atoms with van der Waals surface area (Å²) in [6.07, 6.45) is 40.3.